The number of amides is 1. The van der Waals surface area contributed by atoms with E-state index in [1.54, 1.807) is 19.1 Å². The van der Waals surface area contributed by atoms with Gasteiger partial charge < -0.3 is 5.32 Å². The number of rotatable bonds is 3. The van der Waals surface area contributed by atoms with Crippen molar-refractivity contribution < 1.29 is 13.2 Å². The van der Waals surface area contributed by atoms with Crippen LogP contribution in [0.5, 0.6) is 0 Å². The smallest absolute Gasteiger partial charge is 0.238 e. The van der Waals surface area contributed by atoms with E-state index < -0.39 is 10.0 Å². The normalized spacial score (nSPS) is 13.2. The molecule has 3 N–H and O–H groups in total. The molecule has 5 nitrogen and oxygen atoms in total. The number of hydrogen-bond donors (Lipinski definition) is 2. The van der Waals surface area contributed by atoms with Gasteiger partial charge in [-0.3, -0.25) is 4.79 Å². The standard InChI is InChI=1S/C10H14N2O3S/c1-7(12-8(2)13)9-4-3-5-10(6-9)16(11,14)15/h3-7H,1-2H3,(H,12,13)(H2,11,14,15). The Labute approximate surface area is 94.7 Å². The third-order valence-electron chi connectivity index (χ3n) is 2.11. The number of nitrogens with two attached hydrogens (primary N) is 1. The van der Waals surface area contributed by atoms with Crippen molar-refractivity contribution in [3.63, 3.8) is 0 Å². The number of hydrogen-bond acceptors (Lipinski definition) is 3. The van der Waals surface area contributed by atoms with Crippen LogP contribution in [0.2, 0.25) is 0 Å². The maximum Gasteiger partial charge on any atom is 0.238 e. The van der Waals surface area contributed by atoms with Crippen LogP contribution in [0.4, 0.5) is 0 Å². The summed E-state index contributed by atoms with van der Waals surface area (Å²) in [4.78, 5) is 10.9. The van der Waals surface area contributed by atoms with Gasteiger partial charge >= 0.3 is 0 Å². The van der Waals surface area contributed by atoms with Gasteiger partial charge in [0.15, 0.2) is 0 Å². The molecule has 88 valence electrons. The first-order valence-electron chi connectivity index (χ1n) is 4.70. The highest BCUT2D eigenvalue weighted by Crippen LogP contribution is 2.16. The van der Waals surface area contributed by atoms with Crippen LogP contribution in [0.3, 0.4) is 0 Å². The van der Waals surface area contributed by atoms with E-state index in [2.05, 4.69) is 5.32 Å². The first-order valence-corrected chi connectivity index (χ1v) is 6.25. The maximum absolute atomic E-state index is 11.1. The van der Waals surface area contributed by atoms with Gasteiger partial charge in [0.05, 0.1) is 10.9 Å². The van der Waals surface area contributed by atoms with Crippen LogP contribution < -0.4 is 10.5 Å². The van der Waals surface area contributed by atoms with Crippen molar-refractivity contribution in [2.45, 2.75) is 24.8 Å². The second-order valence-corrected chi connectivity index (χ2v) is 5.10. The quantitative estimate of drug-likeness (QED) is 0.810. The van der Waals surface area contributed by atoms with Gasteiger partial charge in [0.25, 0.3) is 0 Å². The SMILES string of the molecule is CC(=O)NC(C)c1cccc(S(N)(=O)=O)c1. The molecule has 1 rings (SSSR count). The molecule has 1 unspecified atom stereocenters. The van der Waals surface area contributed by atoms with Crippen LogP contribution in [-0.4, -0.2) is 14.3 Å². The molecule has 16 heavy (non-hydrogen) atoms. The molecule has 0 fully saturated rings. The molecular weight excluding hydrogens is 228 g/mol. The highest BCUT2D eigenvalue weighted by atomic mass is 32.2. The monoisotopic (exact) mass is 242 g/mol. The van der Waals surface area contributed by atoms with E-state index >= 15 is 0 Å². The molecule has 1 amide bonds. The summed E-state index contributed by atoms with van der Waals surface area (Å²) in [6.45, 7) is 3.17. The van der Waals surface area contributed by atoms with Crippen molar-refractivity contribution in [1.82, 2.24) is 5.32 Å². The molecule has 0 aliphatic heterocycles. The summed E-state index contributed by atoms with van der Waals surface area (Å²) >= 11 is 0. The van der Waals surface area contributed by atoms with Crippen LogP contribution >= 0.6 is 0 Å². The zero-order valence-electron chi connectivity index (χ0n) is 9.10. The van der Waals surface area contributed by atoms with Gasteiger partial charge in [0, 0.05) is 6.92 Å². The summed E-state index contributed by atoms with van der Waals surface area (Å²) in [5, 5.41) is 7.68. The van der Waals surface area contributed by atoms with Crippen molar-refractivity contribution in [3.8, 4) is 0 Å². The Balaban J connectivity index is 3.04. The second-order valence-electron chi connectivity index (χ2n) is 3.54. The van der Waals surface area contributed by atoms with Gasteiger partial charge in [-0.15, -0.1) is 0 Å². The van der Waals surface area contributed by atoms with E-state index in [0.29, 0.717) is 5.56 Å². The lowest BCUT2D eigenvalue weighted by Crippen LogP contribution is -2.24. The molecule has 1 atom stereocenters. The van der Waals surface area contributed by atoms with Crippen LogP contribution in [0.25, 0.3) is 0 Å². The van der Waals surface area contributed by atoms with E-state index in [4.69, 9.17) is 5.14 Å². The number of carbonyl (C=O) groups excluding carboxylic acids is 1. The highest BCUT2D eigenvalue weighted by Gasteiger charge is 2.11. The molecule has 0 aliphatic carbocycles. The minimum Gasteiger partial charge on any atom is -0.350 e. The Bertz CT molecular complexity index is 497. The van der Waals surface area contributed by atoms with Crippen molar-refractivity contribution in [2.24, 2.45) is 5.14 Å². The van der Waals surface area contributed by atoms with Crippen LogP contribution in [0, 0.1) is 0 Å². The number of carbonyl (C=O) groups is 1. The zero-order valence-corrected chi connectivity index (χ0v) is 9.91. The number of benzene rings is 1. The molecule has 0 radical (unpaired) electrons. The number of sulfonamides is 1. The molecule has 0 aliphatic rings. The summed E-state index contributed by atoms with van der Waals surface area (Å²) < 4.78 is 22.2. The first-order chi connectivity index (χ1) is 7.30. The van der Waals surface area contributed by atoms with Crippen LogP contribution in [-0.2, 0) is 14.8 Å². The third-order valence-corrected chi connectivity index (χ3v) is 3.02. The highest BCUT2D eigenvalue weighted by molar-refractivity contribution is 7.89. The van der Waals surface area contributed by atoms with E-state index in [1.807, 2.05) is 0 Å². The number of primary sulfonamides is 1. The Hall–Kier alpha value is -1.40. The van der Waals surface area contributed by atoms with Gasteiger partial charge in [0.2, 0.25) is 15.9 Å². The van der Waals surface area contributed by atoms with Crippen LogP contribution in [0.15, 0.2) is 29.2 Å². The maximum atomic E-state index is 11.1. The molecule has 0 heterocycles. The fraction of sp³-hybridized carbons (Fsp3) is 0.300. The lowest BCUT2D eigenvalue weighted by Gasteiger charge is -2.13. The molecular formula is C10H14N2O3S. The van der Waals surface area contributed by atoms with Crippen molar-refractivity contribution in [3.05, 3.63) is 29.8 Å². The lowest BCUT2D eigenvalue weighted by atomic mass is 10.1. The van der Waals surface area contributed by atoms with Crippen LogP contribution in [0.1, 0.15) is 25.5 Å². The van der Waals surface area contributed by atoms with Crippen molar-refractivity contribution >= 4 is 15.9 Å². The molecule has 0 spiro atoms. The third kappa shape index (κ3) is 3.32. The molecule has 0 bridgehead atoms. The van der Waals surface area contributed by atoms with Crippen molar-refractivity contribution in [2.75, 3.05) is 0 Å². The summed E-state index contributed by atoms with van der Waals surface area (Å²) in [5.74, 6) is -0.173. The Morgan fingerprint density at radius 1 is 1.44 bits per heavy atom. The van der Waals surface area contributed by atoms with Crippen molar-refractivity contribution in [1.29, 1.82) is 0 Å². The summed E-state index contributed by atoms with van der Waals surface area (Å²) in [7, 11) is -3.70. The number of nitrogens with one attached hydrogen (secondary N) is 1. The largest absolute Gasteiger partial charge is 0.350 e. The molecule has 0 aromatic heterocycles. The van der Waals surface area contributed by atoms with Gasteiger partial charge in [-0.05, 0) is 24.6 Å². The summed E-state index contributed by atoms with van der Waals surface area (Å²) in [5.41, 5.74) is 0.696. The average molecular weight is 242 g/mol. The predicted molar refractivity (Wildman–Crippen MR) is 60.0 cm³/mol. The second kappa shape index (κ2) is 4.63. The fourth-order valence-corrected chi connectivity index (χ4v) is 1.92. The minimum atomic E-state index is -3.70. The molecule has 0 saturated carbocycles. The van der Waals surface area contributed by atoms with Gasteiger partial charge in [-0.1, -0.05) is 12.1 Å². The Morgan fingerprint density at radius 2 is 2.06 bits per heavy atom. The van der Waals surface area contributed by atoms with E-state index in [1.165, 1.54) is 19.1 Å². The summed E-state index contributed by atoms with van der Waals surface area (Å²) in [6, 6.07) is 5.94. The summed E-state index contributed by atoms with van der Waals surface area (Å²) in [6.07, 6.45) is 0. The predicted octanol–water partition coefficient (Wildman–Crippen LogP) is 0.531. The van der Waals surface area contributed by atoms with Gasteiger partial charge in [-0.25, -0.2) is 13.6 Å². The van der Waals surface area contributed by atoms with E-state index in [9.17, 15) is 13.2 Å². The van der Waals surface area contributed by atoms with Gasteiger partial charge in [-0.2, -0.15) is 0 Å². The topological polar surface area (TPSA) is 89.3 Å². The average Bonchev–Trinajstić information content (AvgIpc) is 2.15. The first kappa shape index (κ1) is 12.7. The zero-order chi connectivity index (χ0) is 12.3. The molecule has 6 heteroatoms. The lowest BCUT2D eigenvalue weighted by molar-refractivity contribution is -0.119. The van der Waals surface area contributed by atoms with E-state index in [0.717, 1.165) is 0 Å². The molecule has 1 aromatic carbocycles. The Morgan fingerprint density at radius 3 is 2.56 bits per heavy atom. The van der Waals surface area contributed by atoms with E-state index in [-0.39, 0.29) is 16.8 Å². The Kier molecular flexibility index (Phi) is 3.66. The van der Waals surface area contributed by atoms with Gasteiger partial charge in [0.1, 0.15) is 0 Å². The molecule has 1 aromatic rings. The fourth-order valence-electron chi connectivity index (χ4n) is 1.35. The molecule has 0 saturated heterocycles. The minimum absolute atomic E-state index is 0.0437.